The lowest BCUT2D eigenvalue weighted by Crippen LogP contribution is -2.22. The molecule has 2 heteroatoms. The zero-order chi connectivity index (χ0) is 18.6. The molecule has 2 fully saturated rings. The van der Waals surface area contributed by atoms with E-state index in [2.05, 4.69) is 39.6 Å². The summed E-state index contributed by atoms with van der Waals surface area (Å²) in [5, 5.41) is 0. The van der Waals surface area contributed by atoms with Crippen molar-refractivity contribution in [3.63, 3.8) is 0 Å². The molecule has 0 N–H and O–H groups in total. The van der Waals surface area contributed by atoms with Crippen LogP contribution in [0.25, 0.3) is 0 Å². The van der Waals surface area contributed by atoms with Gasteiger partial charge >= 0.3 is 0 Å². The van der Waals surface area contributed by atoms with Gasteiger partial charge in [0.2, 0.25) is 0 Å². The van der Waals surface area contributed by atoms with Crippen LogP contribution >= 0.6 is 0 Å². The summed E-state index contributed by atoms with van der Waals surface area (Å²) >= 11 is 0. The third-order valence-electron chi connectivity index (χ3n) is 4.25. The number of likely N-dealkylation sites (tertiary alicyclic amines) is 1. The summed E-state index contributed by atoms with van der Waals surface area (Å²) in [6.07, 6.45) is 3.66. The van der Waals surface area contributed by atoms with Crippen LogP contribution in [-0.2, 0) is 4.79 Å². The molecular formula is C20H45NO. The van der Waals surface area contributed by atoms with E-state index in [1.54, 1.807) is 0 Å². The SMILES string of the molecule is CC.CC.CC.CC1CC2(CC2C(C)(C)C)CN1C.CC=O. The Kier molecular flexibility index (Phi) is 15.8. The predicted octanol–water partition coefficient (Wildman–Crippen LogP) is 6.05. The highest BCUT2D eigenvalue weighted by molar-refractivity contribution is 5.44. The smallest absolute Gasteiger partial charge is 0.116 e. The summed E-state index contributed by atoms with van der Waals surface area (Å²) in [4.78, 5) is 11.3. The van der Waals surface area contributed by atoms with Crippen LogP contribution in [0.2, 0.25) is 0 Å². The third-order valence-corrected chi connectivity index (χ3v) is 4.25. The molecule has 0 amide bonds. The Morgan fingerprint density at radius 2 is 1.36 bits per heavy atom. The van der Waals surface area contributed by atoms with Crippen LogP contribution < -0.4 is 0 Å². The van der Waals surface area contributed by atoms with Crippen molar-refractivity contribution in [2.45, 2.75) is 95.0 Å². The Bertz CT molecular complexity index is 245. The standard InChI is InChI=1S/C12H23N.C2H4O.3C2H6/c1-9-6-12(8-13(9)5)7-10(12)11(2,3)4;1-2-3;3*1-2/h9-10H,6-8H2,1-5H3;2H,1H3;3*1-2H3. The van der Waals surface area contributed by atoms with Gasteiger partial charge in [0, 0.05) is 12.6 Å². The van der Waals surface area contributed by atoms with Gasteiger partial charge in [-0.05, 0) is 50.5 Å². The number of hydrogen-bond donors (Lipinski definition) is 0. The van der Waals surface area contributed by atoms with Crippen molar-refractivity contribution in [2.75, 3.05) is 13.6 Å². The molecule has 136 valence electrons. The van der Waals surface area contributed by atoms with Gasteiger partial charge in [0.1, 0.15) is 6.29 Å². The van der Waals surface area contributed by atoms with E-state index in [9.17, 15) is 0 Å². The van der Waals surface area contributed by atoms with Crippen molar-refractivity contribution < 1.29 is 4.79 Å². The molecule has 22 heavy (non-hydrogen) atoms. The minimum Gasteiger partial charge on any atom is -0.304 e. The van der Waals surface area contributed by atoms with Crippen molar-refractivity contribution in [1.82, 2.24) is 4.90 Å². The molecule has 1 heterocycles. The largest absolute Gasteiger partial charge is 0.304 e. The van der Waals surface area contributed by atoms with Crippen molar-refractivity contribution in [3.8, 4) is 0 Å². The fourth-order valence-electron chi connectivity index (χ4n) is 3.43. The Labute approximate surface area is 142 Å². The average Bonchev–Trinajstić information content (AvgIpc) is 3.12. The maximum atomic E-state index is 8.81. The minimum absolute atomic E-state index is 0.533. The van der Waals surface area contributed by atoms with Crippen molar-refractivity contribution in [3.05, 3.63) is 0 Å². The molecular weight excluding hydrogens is 270 g/mol. The van der Waals surface area contributed by atoms with Gasteiger partial charge in [-0.1, -0.05) is 62.3 Å². The molecule has 1 aliphatic carbocycles. The molecule has 2 aliphatic rings. The Morgan fingerprint density at radius 1 is 1.00 bits per heavy atom. The molecule has 0 aromatic carbocycles. The molecule has 1 spiro atoms. The van der Waals surface area contributed by atoms with Gasteiger partial charge in [-0.25, -0.2) is 0 Å². The van der Waals surface area contributed by atoms with Crippen LogP contribution in [0.4, 0.5) is 0 Å². The maximum absolute atomic E-state index is 8.81. The van der Waals surface area contributed by atoms with Crippen LogP contribution in [0.1, 0.15) is 89.0 Å². The summed E-state index contributed by atoms with van der Waals surface area (Å²) in [6, 6.07) is 0.812. The maximum Gasteiger partial charge on any atom is 0.116 e. The van der Waals surface area contributed by atoms with E-state index in [4.69, 9.17) is 4.79 Å². The molecule has 1 aliphatic heterocycles. The summed E-state index contributed by atoms with van der Waals surface area (Å²) in [7, 11) is 2.28. The Hall–Kier alpha value is -0.370. The van der Waals surface area contributed by atoms with Gasteiger partial charge in [-0.2, -0.15) is 0 Å². The van der Waals surface area contributed by atoms with Crippen LogP contribution in [0, 0.1) is 16.7 Å². The van der Waals surface area contributed by atoms with Gasteiger partial charge in [0.05, 0.1) is 0 Å². The van der Waals surface area contributed by atoms with Crippen LogP contribution in [0.3, 0.4) is 0 Å². The molecule has 3 unspecified atom stereocenters. The third kappa shape index (κ3) is 8.31. The quantitative estimate of drug-likeness (QED) is 0.507. The molecule has 1 saturated carbocycles. The molecule has 0 bridgehead atoms. The summed E-state index contributed by atoms with van der Waals surface area (Å²) in [5.74, 6) is 0.979. The summed E-state index contributed by atoms with van der Waals surface area (Å²) in [6.45, 7) is 24.4. The topological polar surface area (TPSA) is 20.3 Å². The lowest BCUT2D eigenvalue weighted by atomic mass is 9.84. The molecule has 0 aromatic heterocycles. The van der Waals surface area contributed by atoms with E-state index in [-0.39, 0.29) is 0 Å². The van der Waals surface area contributed by atoms with Crippen LogP contribution in [0.15, 0.2) is 0 Å². The van der Waals surface area contributed by atoms with Gasteiger partial charge in [0.25, 0.3) is 0 Å². The van der Waals surface area contributed by atoms with Crippen molar-refractivity contribution in [2.24, 2.45) is 16.7 Å². The number of rotatable bonds is 0. The van der Waals surface area contributed by atoms with Gasteiger partial charge in [-0.15, -0.1) is 0 Å². The molecule has 0 aromatic rings. The number of hydrogen-bond acceptors (Lipinski definition) is 2. The fourth-order valence-corrected chi connectivity index (χ4v) is 3.43. The molecule has 2 rings (SSSR count). The molecule has 2 nitrogen and oxygen atoms in total. The number of nitrogens with zero attached hydrogens (tertiary/aromatic N) is 1. The fraction of sp³-hybridized carbons (Fsp3) is 0.950. The lowest BCUT2D eigenvalue weighted by Gasteiger charge is -2.21. The Morgan fingerprint density at radius 3 is 1.55 bits per heavy atom. The second-order valence-corrected chi connectivity index (χ2v) is 6.69. The first-order valence-corrected chi connectivity index (χ1v) is 9.37. The van der Waals surface area contributed by atoms with E-state index >= 15 is 0 Å². The molecule has 1 saturated heterocycles. The van der Waals surface area contributed by atoms with Gasteiger partial charge in [0.15, 0.2) is 0 Å². The highest BCUT2D eigenvalue weighted by Gasteiger charge is 2.61. The molecule has 0 radical (unpaired) electrons. The second-order valence-electron chi connectivity index (χ2n) is 6.69. The normalized spacial score (nSPS) is 28.5. The first-order valence-electron chi connectivity index (χ1n) is 9.37. The van der Waals surface area contributed by atoms with E-state index < -0.39 is 0 Å². The van der Waals surface area contributed by atoms with Crippen LogP contribution in [-0.4, -0.2) is 30.8 Å². The monoisotopic (exact) mass is 315 g/mol. The van der Waals surface area contributed by atoms with Crippen molar-refractivity contribution >= 4 is 6.29 Å². The average molecular weight is 316 g/mol. The first-order chi connectivity index (χ1) is 10.3. The van der Waals surface area contributed by atoms with E-state index in [1.165, 1.54) is 26.3 Å². The van der Waals surface area contributed by atoms with Crippen molar-refractivity contribution in [1.29, 1.82) is 0 Å². The first kappa shape index (κ1) is 26.5. The number of carbonyl (C=O) groups is 1. The number of aldehydes is 1. The zero-order valence-corrected chi connectivity index (χ0v) is 17.7. The van der Waals surface area contributed by atoms with Crippen LogP contribution in [0.5, 0.6) is 0 Å². The van der Waals surface area contributed by atoms with E-state index in [1.807, 2.05) is 41.5 Å². The van der Waals surface area contributed by atoms with Gasteiger partial charge < -0.3 is 9.69 Å². The van der Waals surface area contributed by atoms with Gasteiger partial charge in [-0.3, -0.25) is 0 Å². The zero-order valence-electron chi connectivity index (χ0n) is 17.7. The highest BCUT2D eigenvalue weighted by Crippen LogP contribution is 2.65. The predicted molar refractivity (Wildman–Crippen MR) is 102 cm³/mol. The minimum atomic E-state index is 0.533. The Balaban J connectivity index is -0.000000344. The highest BCUT2D eigenvalue weighted by atomic mass is 16.1. The lowest BCUT2D eigenvalue weighted by molar-refractivity contribution is -0.106. The number of carbonyl (C=O) groups excluding carboxylic acids is 1. The van der Waals surface area contributed by atoms with E-state index in [0.717, 1.165) is 18.2 Å². The second kappa shape index (κ2) is 13.1. The van der Waals surface area contributed by atoms with E-state index in [0.29, 0.717) is 10.8 Å². The summed E-state index contributed by atoms with van der Waals surface area (Å²) in [5.41, 5.74) is 1.25. The summed E-state index contributed by atoms with van der Waals surface area (Å²) < 4.78 is 0. The molecule has 3 atom stereocenters.